The molecule has 0 spiro atoms. The van der Waals surface area contributed by atoms with E-state index in [0.29, 0.717) is 53.2 Å². The molecule has 0 saturated carbocycles. The van der Waals surface area contributed by atoms with Crippen LogP contribution in [-0.2, 0) is 24.8 Å². The molecular weight excluding hydrogens is 498 g/mol. The van der Waals surface area contributed by atoms with Gasteiger partial charge in [-0.2, -0.15) is 11.8 Å². The van der Waals surface area contributed by atoms with Gasteiger partial charge in [-0.25, -0.2) is 9.59 Å². The number of methoxy groups -OCH3 is 2. The van der Waals surface area contributed by atoms with Crippen molar-refractivity contribution in [3.63, 3.8) is 0 Å². The van der Waals surface area contributed by atoms with Gasteiger partial charge in [0.1, 0.15) is 17.5 Å². The minimum atomic E-state index is -2.27. The molecule has 0 radical (unpaired) electrons. The van der Waals surface area contributed by atoms with E-state index >= 15 is 0 Å². The van der Waals surface area contributed by atoms with Crippen LogP contribution in [0, 0.1) is 6.92 Å². The second kappa shape index (κ2) is 12.9. The maximum atomic E-state index is 13.3. The molecule has 1 heterocycles. The molecule has 1 amide bonds. The number of nitrogens with one attached hydrogen (secondary N) is 1. The van der Waals surface area contributed by atoms with E-state index in [0.717, 1.165) is 6.42 Å². The van der Waals surface area contributed by atoms with Crippen LogP contribution in [-0.4, -0.2) is 58.8 Å². The van der Waals surface area contributed by atoms with Gasteiger partial charge in [0.25, 0.3) is 0 Å². The summed E-state index contributed by atoms with van der Waals surface area (Å²) in [5.74, 6) is 0.702. The number of hydrogen-bond acceptors (Lipinski definition) is 8. The van der Waals surface area contributed by atoms with Gasteiger partial charge in [0.15, 0.2) is 0 Å². The number of thioether (sulfide) groups is 1. The zero-order chi connectivity index (χ0) is 27.1. The van der Waals surface area contributed by atoms with Crippen LogP contribution in [0.4, 0.5) is 0 Å². The quantitative estimate of drug-likeness (QED) is 0.421. The maximum absolute atomic E-state index is 13.3. The summed E-state index contributed by atoms with van der Waals surface area (Å²) in [5.41, 5.74) is 1.82. The number of benzene rings is 1. The molecule has 1 N–H and O–H groups in total. The summed E-state index contributed by atoms with van der Waals surface area (Å²) in [5, 5.41) is 2.73. The Labute approximate surface area is 220 Å². The van der Waals surface area contributed by atoms with Gasteiger partial charge in [-0.05, 0) is 44.3 Å². The molecule has 1 aliphatic rings. The van der Waals surface area contributed by atoms with Crippen LogP contribution >= 0.6 is 11.8 Å². The Morgan fingerprint density at radius 3 is 2.44 bits per heavy atom. The van der Waals surface area contributed by atoms with Crippen LogP contribution in [0.5, 0.6) is 11.5 Å². The summed E-state index contributed by atoms with van der Waals surface area (Å²) in [6.07, 6.45) is 2.30. The van der Waals surface area contributed by atoms with E-state index in [1.807, 2.05) is 13.0 Å². The van der Waals surface area contributed by atoms with Gasteiger partial charge in [-0.1, -0.05) is 20.8 Å². The van der Waals surface area contributed by atoms with E-state index in [1.165, 1.54) is 18.9 Å². The molecule has 10 heteroatoms. The van der Waals surface area contributed by atoms with Crippen molar-refractivity contribution in [1.29, 1.82) is 0 Å². The highest BCUT2D eigenvalue weighted by Crippen LogP contribution is 2.42. The molecule has 202 valence electrons. The first-order chi connectivity index (χ1) is 16.8. The fourth-order valence-corrected chi connectivity index (χ4v) is 5.70. The van der Waals surface area contributed by atoms with Gasteiger partial charge >= 0.3 is 11.9 Å². The van der Waals surface area contributed by atoms with E-state index in [1.54, 1.807) is 7.11 Å². The first-order valence-electron chi connectivity index (χ1n) is 12.3. The molecule has 0 saturated heterocycles. The number of amides is 1. The molecule has 0 aliphatic carbocycles. The smallest absolute Gasteiger partial charge is 0.338 e. The van der Waals surface area contributed by atoms with Crippen molar-refractivity contribution in [1.82, 2.24) is 5.32 Å². The third-order valence-corrected chi connectivity index (χ3v) is 12.2. The predicted octanol–water partition coefficient (Wildman–Crippen LogP) is 5.01. The summed E-state index contributed by atoms with van der Waals surface area (Å²) in [4.78, 5) is 38.1. The van der Waals surface area contributed by atoms with Crippen molar-refractivity contribution in [2.75, 3.05) is 26.6 Å². The van der Waals surface area contributed by atoms with Crippen LogP contribution in [0.1, 0.15) is 67.9 Å². The largest absolute Gasteiger partial charge is 0.543 e. The number of cyclic esters (lactones) is 1. The van der Waals surface area contributed by atoms with E-state index in [4.69, 9.17) is 18.6 Å². The average Bonchev–Trinajstić information content (AvgIpc) is 2.80. The molecular formula is C26H41NO7SSi. The number of hydrogen-bond donors (Lipinski definition) is 1. The topological polar surface area (TPSA) is 100 Å². The fraction of sp³-hybridized carbons (Fsp3) is 0.654. The maximum Gasteiger partial charge on any atom is 0.338 e. The van der Waals surface area contributed by atoms with E-state index in [2.05, 4.69) is 39.2 Å². The van der Waals surface area contributed by atoms with Gasteiger partial charge < -0.3 is 24.0 Å². The normalized spacial score (nSPS) is 18.6. The van der Waals surface area contributed by atoms with Crippen LogP contribution in [0.25, 0.3) is 0 Å². The van der Waals surface area contributed by atoms with E-state index in [9.17, 15) is 14.4 Å². The Balaban J connectivity index is 2.57. The Morgan fingerprint density at radius 2 is 1.83 bits per heavy atom. The SMILES string of the molecule is COC(=O)[C@@H]1CSCc2c(O[Si](C)(C)C(C)(C)C)cc(OC)c(C)c2C(=O)OCCCCCC(=O)N1. The minimum absolute atomic E-state index is 0.0638. The Bertz CT molecular complexity index is 959. The van der Waals surface area contributed by atoms with Crippen LogP contribution in [0.15, 0.2) is 6.07 Å². The molecule has 36 heavy (non-hydrogen) atoms. The lowest BCUT2D eigenvalue weighted by Crippen LogP contribution is -2.44. The molecule has 1 aromatic rings. The van der Waals surface area contributed by atoms with E-state index in [-0.39, 0.29) is 23.3 Å². The van der Waals surface area contributed by atoms with Crippen molar-refractivity contribution >= 4 is 37.9 Å². The van der Waals surface area contributed by atoms with Gasteiger partial charge in [0.05, 0.1) is 26.4 Å². The molecule has 0 aromatic heterocycles. The molecule has 1 atom stereocenters. The molecule has 2 rings (SSSR count). The van der Waals surface area contributed by atoms with Gasteiger partial charge in [-0.15, -0.1) is 0 Å². The highest BCUT2D eigenvalue weighted by molar-refractivity contribution is 7.98. The van der Waals surface area contributed by atoms with Crippen molar-refractivity contribution < 1.29 is 33.0 Å². The predicted molar refractivity (Wildman–Crippen MR) is 144 cm³/mol. The average molecular weight is 540 g/mol. The summed E-state index contributed by atoms with van der Waals surface area (Å²) < 4.78 is 22.9. The Hall–Kier alpha value is -2.20. The van der Waals surface area contributed by atoms with Crippen molar-refractivity contribution in [3.8, 4) is 11.5 Å². The van der Waals surface area contributed by atoms with E-state index < -0.39 is 26.3 Å². The number of ether oxygens (including phenoxy) is 3. The van der Waals surface area contributed by atoms with Crippen molar-refractivity contribution in [3.05, 3.63) is 22.8 Å². The zero-order valence-corrected chi connectivity index (χ0v) is 24.7. The fourth-order valence-electron chi connectivity index (χ4n) is 3.60. The highest BCUT2D eigenvalue weighted by Gasteiger charge is 2.40. The standard InChI is InChI=1S/C26H41NO7SSi/c1-17-20(31-5)14-21(34-36(7,8)26(2,3)4)18-15-35-16-19(24(29)32-6)27-22(28)12-10-9-11-13-33-25(30)23(17)18/h14,19H,9-13,15-16H2,1-8H3,(H,27,28)/t19-/m0/s1. The first-order valence-corrected chi connectivity index (χ1v) is 16.4. The second-order valence-corrected chi connectivity index (χ2v) is 16.3. The van der Waals surface area contributed by atoms with Crippen LogP contribution in [0.3, 0.4) is 0 Å². The number of carbonyl (C=O) groups is 3. The second-order valence-electron chi connectivity index (χ2n) is 10.5. The first kappa shape index (κ1) is 30.0. The van der Waals surface area contributed by atoms with Crippen LogP contribution < -0.4 is 14.5 Å². The third-order valence-electron chi connectivity index (χ3n) is 6.83. The monoisotopic (exact) mass is 539 g/mol. The Kier molecular flexibility index (Phi) is 10.7. The minimum Gasteiger partial charge on any atom is -0.543 e. The molecule has 0 fully saturated rings. The number of esters is 2. The lowest BCUT2D eigenvalue weighted by Gasteiger charge is -2.37. The summed E-state index contributed by atoms with van der Waals surface area (Å²) in [7, 11) is 0.612. The summed E-state index contributed by atoms with van der Waals surface area (Å²) >= 11 is 1.42. The summed E-state index contributed by atoms with van der Waals surface area (Å²) in [6.45, 7) is 12.8. The summed E-state index contributed by atoms with van der Waals surface area (Å²) in [6, 6.07) is 1.06. The number of fused-ring (bicyclic) bond motifs is 1. The zero-order valence-electron chi connectivity index (χ0n) is 22.9. The highest BCUT2D eigenvalue weighted by atomic mass is 32.2. The van der Waals surface area contributed by atoms with Gasteiger partial charge in [0.2, 0.25) is 14.2 Å². The Morgan fingerprint density at radius 1 is 1.14 bits per heavy atom. The van der Waals surface area contributed by atoms with Gasteiger partial charge in [0, 0.05) is 35.1 Å². The lowest BCUT2D eigenvalue weighted by atomic mass is 10.0. The van der Waals surface area contributed by atoms with Crippen LogP contribution in [0.2, 0.25) is 18.1 Å². The number of carbonyl (C=O) groups excluding carboxylic acids is 3. The third kappa shape index (κ3) is 7.65. The molecule has 0 bridgehead atoms. The molecule has 1 aromatic carbocycles. The van der Waals surface area contributed by atoms with Gasteiger partial charge in [-0.3, -0.25) is 4.79 Å². The lowest BCUT2D eigenvalue weighted by molar-refractivity contribution is -0.144. The molecule has 0 unspecified atom stereocenters. The molecule has 8 nitrogen and oxygen atoms in total. The number of rotatable bonds is 4. The molecule has 1 aliphatic heterocycles. The van der Waals surface area contributed by atoms with Crippen molar-refractivity contribution in [2.45, 2.75) is 83.3 Å². The van der Waals surface area contributed by atoms with Crippen molar-refractivity contribution in [2.24, 2.45) is 0 Å².